The number of carbonyl (C=O) groups is 1. The van der Waals surface area contributed by atoms with Crippen LogP contribution in [0, 0.1) is 23.2 Å². The highest BCUT2D eigenvalue weighted by molar-refractivity contribution is 5.78. The van der Waals surface area contributed by atoms with Crippen LogP contribution in [-0.2, 0) is 4.79 Å². The van der Waals surface area contributed by atoms with Gasteiger partial charge in [0.05, 0.1) is 18.5 Å². The molecule has 4 nitrogen and oxygen atoms in total. The van der Waals surface area contributed by atoms with Gasteiger partial charge in [-0.2, -0.15) is 5.26 Å². The van der Waals surface area contributed by atoms with Crippen molar-refractivity contribution in [3.05, 3.63) is 0 Å². The Morgan fingerprint density at radius 2 is 2.12 bits per heavy atom. The topological polar surface area (TPSA) is 64.9 Å². The van der Waals surface area contributed by atoms with E-state index in [1.807, 2.05) is 0 Å². The summed E-state index contributed by atoms with van der Waals surface area (Å²) >= 11 is 0. The van der Waals surface area contributed by atoms with Gasteiger partial charge in [0.2, 0.25) is 5.91 Å². The maximum absolute atomic E-state index is 11.6. The van der Waals surface area contributed by atoms with Gasteiger partial charge in [0, 0.05) is 6.04 Å². The van der Waals surface area contributed by atoms with Gasteiger partial charge < -0.3 is 10.6 Å². The third kappa shape index (κ3) is 3.21. The average Bonchev–Trinajstić information content (AvgIpc) is 2.98. The molecular formula is C12H19N3O. The second kappa shape index (κ2) is 5.31. The summed E-state index contributed by atoms with van der Waals surface area (Å²) in [6.45, 7) is 1.35. The minimum atomic E-state index is 0.0207. The van der Waals surface area contributed by atoms with Gasteiger partial charge in [0.1, 0.15) is 0 Å². The Morgan fingerprint density at radius 1 is 1.31 bits per heavy atom. The number of carbonyl (C=O) groups excluding carboxylic acids is 1. The first-order chi connectivity index (χ1) is 7.79. The second-order valence-electron chi connectivity index (χ2n) is 4.91. The molecule has 2 aliphatic rings. The zero-order valence-corrected chi connectivity index (χ0v) is 9.54. The molecule has 0 aromatic rings. The van der Waals surface area contributed by atoms with Gasteiger partial charge in [-0.3, -0.25) is 4.79 Å². The van der Waals surface area contributed by atoms with E-state index in [4.69, 9.17) is 5.26 Å². The Hall–Kier alpha value is -1.08. The lowest BCUT2D eigenvalue weighted by Crippen LogP contribution is -2.42. The van der Waals surface area contributed by atoms with Crippen molar-refractivity contribution < 1.29 is 4.79 Å². The quantitative estimate of drug-likeness (QED) is 0.721. The van der Waals surface area contributed by atoms with Gasteiger partial charge in [-0.25, -0.2) is 0 Å². The molecule has 0 aromatic carbocycles. The molecule has 2 N–H and O–H groups in total. The number of nitrogens with zero attached hydrogens (tertiary/aromatic N) is 1. The van der Waals surface area contributed by atoms with Crippen LogP contribution in [0.25, 0.3) is 0 Å². The van der Waals surface area contributed by atoms with Gasteiger partial charge >= 0.3 is 0 Å². The van der Waals surface area contributed by atoms with Crippen molar-refractivity contribution in [2.75, 3.05) is 13.1 Å². The second-order valence-corrected chi connectivity index (χ2v) is 4.91. The predicted octanol–water partition coefficient (Wildman–Crippen LogP) is 0.794. The maximum atomic E-state index is 11.6. The first-order valence-electron chi connectivity index (χ1n) is 6.19. The molecule has 0 saturated heterocycles. The third-order valence-corrected chi connectivity index (χ3v) is 3.44. The average molecular weight is 221 g/mol. The fourth-order valence-electron chi connectivity index (χ4n) is 2.26. The van der Waals surface area contributed by atoms with E-state index in [2.05, 4.69) is 16.7 Å². The summed E-state index contributed by atoms with van der Waals surface area (Å²) in [6.07, 6.45) is 5.53. The van der Waals surface area contributed by atoms with Crippen molar-refractivity contribution in [2.45, 2.75) is 38.1 Å². The van der Waals surface area contributed by atoms with E-state index in [1.54, 1.807) is 0 Å². The van der Waals surface area contributed by atoms with Crippen LogP contribution in [-0.4, -0.2) is 25.0 Å². The van der Waals surface area contributed by atoms with E-state index < -0.39 is 0 Å². The molecule has 2 saturated carbocycles. The Bertz CT molecular complexity index is 293. The molecule has 1 amide bonds. The Labute approximate surface area is 96.4 Å². The van der Waals surface area contributed by atoms with E-state index in [9.17, 15) is 4.79 Å². The molecular weight excluding hydrogens is 202 g/mol. The molecule has 2 aliphatic carbocycles. The first-order valence-corrected chi connectivity index (χ1v) is 6.19. The van der Waals surface area contributed by atoms with E-state index in [0.717, 1.165) is 31.7 Å². The standard InChI is InChI=1S/C12H19N3O/c13-6-10-2-1-3-11(10)15-12(16)8-14-7-9-4-5-9/h9-11,14H,1-5,7-8H2,(H,15,16). The normalized spacial score (nSPS) is 28.7. The van der Waals surface area contributed by atoms with Crippen LogP contribution in [0.1, 0.15) is 32.1 Å². The predicted molar refractivity (Wildman–Crippen MR) is 60.5 cm³/mol. The minimum absolute atomic E-state index is 0.0207. The fraction of sp³-hybridized carbons (Fsp3) is 0.833. The Balaban J connectivity index is 1.63. The number of hydrogen-bond donors (Lipinski definition) is 2. The van der Waals surface area contributed by atoms with Crippen molar-refractivity contribution in [2.24, 2.45) is 11.8 Å². The number of rotatable bonds is 5. The largest absolute Gasteiger partial charge is 0.351 e. The smallest absolute Gasteiger partial charge is 0.234 e. The summed E-state index contributed by atoms with van der Waals surface area (Å²) in [5.74, 6) is 0.853. The summed E-state index contributed by atoms with van der Waals surface area (Å²) in [5.41, 5.74) is 0. The Morgan fingerprint density at radius 3 is 2.81 bits per heavy atom. The molecule has 0 spiro atoms. The lowest BCUT2D eigenvalue weighted by Gasteiger charge is -2.15. The monoisotopic (exact) mass is 221 g/mol. The SMILES string of the molecule is N#CC1CCCC1NC(=O)CNCC1CC1. The molecule has 16 heavy (non-hydrogen) atoms. The summed E-state index contributed by atoms with van der Waals surface area (Å²) in [5, 5.41) is 15.0. The van der Waals surface area contributed by atoms with Crippen LogP contribution in [0.2, 0.25) is 0 Å². The first kappa shape index (κ1) is 11.4. The zero-order chi connectivity index (χ0) is 11.4. The lowest BCUT2D eigenvalue weighted by molar-refractivity contribution is -0.121. The summed E-state index contributed by atoms with van der Waals surface area (Å²) in [7, 11) is 0. The van der Waals surface area contributed by atoms with Crippen LogP contribution in [0.15, 0.2) is 0 Å². The van der Waals surface area contributed by atoms with Gasteiger partial charge in [0.15, 0.2) is 0 Å². The van der Waals surface area contributed by atoms with Gasteiger partial charge in [-0.05, 0) is 44.6 Å². The van der Waals surface area contributed by atoms with Crippen molar-refractivity contribution in [1.29, 1.82) is 5.26 Å². The molecule has 0 aliphatic heterocycles. The van der Waals surface area contributed by atoms with E-state index in [0.29, 0.717) is 6.54 Å². The van der Waals surface area contributed by atoms with Gasteiger partial charge in [0.25, 0.3) is 0 Å². The molecule has 2 unspecified atom stereocenters. The van der Waals surface area contributed by atoms with Crippen LogP contribution >= 0.6 is 0 Å². The van der Waals surface area contributed by atoms with E-state index in [1.165, 1.54) is 12.8 Å². The molecule has 0 radical (unpaired) electrons. The van der Waals surface area contributed by atoms with Gasteiger partial charge in [-0.1, -0.05) is 0 Å². The van der Waals surface area contributed by atoms with E-state index in [-0.39, 0.29) is 17.9 Å². The van der Waals surface area contributed by atoms with Crippen LogP contribution in [0.4, 0.5) is 0 Å². The molecule has 0 bridgehead atoms. The molecule has 88 valence electrons. The van der Waals surface area contributed by atoms with Crippen LogP contribution in [0.5, 0.6) is 0 Å². The lowest BCUT2D eigenvalue weighted by atomic mass is 10.1. The number of nitrogens with one attached hydrogen (secondary N) is 2. The van der Waals surface area contributed by atoms with Crippen molar-refractivity contribution >= 4 is 5.91 Å². The number of nitriles is 1. The maximum Gasteiger partial charge on any atom is 0.234 e. The zero-order valence-electron chi connectivity index (χ0n) is 9.54. The van der Waals surface area contributed by atoms with Crippen molar-refractivity contribution in [1.82, 2.24) is 10.6 Å². The number of hydrogen-bond acceptors (Lipinski definition) is 3. The molecule has 2 rings (SSSR count). The minimum Gasteiger partial charge on any atom is -0.351 e. The highest BCUT2D eigenvalue weighted by Gasteiger charge is 2.28. The van der Waals surface area contributed by atoms with Crippen molar-refractivity contribution in [3.8, 4) is 6.07 Å². The van der Waals surface area contributed by atoms with Crippen LogP contribution < -0.4 is 10.6 Å². The molecule has 0 aromatic heterocycles. The third-order valence-electron chi connectivity index (χ3n) is 3.44. The van der Waals surface area contributed by atoms with Crippen LogP contribution in [0.3, 0.4) is 0 Å². The Kier molecular flexibility index (Phi) is 3.79. The fourth-order valence-corrected chi connectivity index (χ4v) is 2.26. The van der Waals surface area contributed by atoms with Gasteiger partial charge in [-0.15, -0.1) is 0 Å². The summed E-state index contributed by atoms with van der Waals surface area (Å²) < 4.78 is 0. The summed E-state index contributed by atoms with van der Waals surface area (Å²) in [6, 6.07) is 2.35. The highest BCUT2D eigenvalue weighted by atomic mass is 16.1. The molecule has 2 atom stereocenters. The van der Waals surface area contributed by atoms with Crippen molar-refractivity contribution in [3.63, 3.8) is 0 Å². The number of amides is 1. The molecule has 2 fully saturated rings. The highest BCUT2D eigenvalue weighted by Crippen LogP contribution is 2.27. The van der Waals surface area contributed by atoms with E-state index >= 15 is 0 Å². The summed E-state index contributed by atoms with van der Waals surface area (Å²) in [4.78, 5) is 11.6. The molecule has 0 heterocycles. The molecule has 4 heteroatoms.